The standard InChI is InChI=1S/C14H18F2N2O/c1-14(6-2-3-7-18-14)13(19)17-9-10-4-5-11(15)8-12(10)16/h4-5,8,18H,2-3,6-7,9H2,1H3,(H,17,19). The van der Waals surface area contributed by atoms with Gasteiger partial charge in [0.25, 0.3) is 0 Å². The van der Waals surface area contributed by atoms with Crippen LogP contribution in [0.3, 0.4) is 0 Å². The zero-order chi connectivity index (χ0) is 13.9. The van der Waals surface area contributed by atoms with Gasteiger partial charge in [0.05, 0.1) is 5.54 Å². The highest BCUT2D eigenvalue weighted by atomic mass is 19.1. The van der Waals surface area contributed by atoms with Gasteiger partial charge in [0.15, 0.2) is 0 Å². The van der Waals surface area contributed by atoms with Crippen LogP contribution in [0.4, 0.5) is 8.78 Å². The minimum atomic E-state index is -0.637. The molecule has 1 unspecified atom stereocenters. The van der Waals surface area contributed by atoms with Crippen LogP contribution in [0.2, 0.25) is 0 Å². The molecule has 19 heavy (non-hydrogen) atoms. The van der Waals surface area contributed by atoms with E-state index in [0.29, 0.717) is 0 Å². The predicted molar refractivity (Wildman–Crippen MR) is 68.5 cm³/mol. The molecule has 0 saturated carbocycles. The van der Waals surface area contributed by atoms with E-state index in [2.05, 4.69) is 10.6 Å². The second-order valence-corrected chi connectivity index (χ2v) is 5.13. The number of carbonyl (C=O) groups is 1. The van der Waals surface area contributed by atoms with Gasteiger partial charge in [-0.05, 0) is 38.8 Å². The first-order chi connectivity index (χ1) is 9.01. The molecular formula is C14H18F2N2O. The zero-order valence-corrected chi connectivity index (χ0v) is 10.9. The number of carbonyl (C=O) groups excluding carboxylic acids is 1. The van der Waals surface area contributed by atoms with Gasteiger partial charge < -0.3 is 10.6 Å². The summed E-state index contributed by atoms with van der Waals surface area (Å²) in [5.74, 6) is -1.40. The lowest BCUT2D eigenvalue weighted by Gasteiger charge is -2.33. The summed E-state index contributed by atoms with van der Waals surface area (Å²) < 4.78 is 26.2. The maximum atomic E-state index is 13.4. The quantitative estimate of drug-likeness (QED) is 0.881. The number of piperidine rings is 1. The lowest BCUT2D eigenvalue weighted by atomic mass is 9.90. The summed E-state index contributed by atoms with van der Waals surface area (Å²) in [6.07, 6.45) is 2.84. The van der Waals surface area contributed by atoms with Crippen molar-refractivity contribution < 1.29 is 13.6 Å². The molecule has 0 radical (unpaired) electrons. The van der Waals surface area contributed by atoms with E-state index in [1.165, 1.54) is 12.1 Å². The fourth-order valence-corrected chi connectivity index (χ4v) is 2.29. The average Bonchev–Trinajstić information content (AvgIpc) is 2.38. The molecule has 2 rings (SSSR count). The first-order valence-corrected chi connectivity index (χ1v) is 6.48. The molecule has 1 aliphatic rings. The summed E-state index contributed by atoms with van der Waals surface area (Å²) >= 11 is 0. The third-order valence-corrected chi connectivity index (χ3v) is 3.57. The minimum Gasteiger partial charge on any atom is -0.350 e. The van der Waals surface area contributed by atoms with Crippen LogP contribution in [-0.4, -0.2) is 18.0 Å². The Kier molecular flexibility index (Phi) is 4.14. The highest BCUT2D eigenvalue weighted by Crippen LogP contribution is 2.19. The third kappa shape index (κ3) is 3.29. The fraction of sp³-hybridized carbons (Fsp3) is 0.500. The van der Waals surface area contributed by atoms with Gasteiger partial charge in [-0.2, -0.15) is 0 Å². The lowest BCUT2D eigenvalue weighted by Crippen LogP contribution is -2.56. The van der Waals surface area contributed by atoms with Crippen LogP contribution in [0.25, 0.3) is 0 Å². The Morgan fingerprint density at radius 2 is 2.21 bits per heavy atom. The third-order valence-electron chi connectivity index (χ3n) is 3.57. The molecule has 0 bridgehead atoms. The van der Waals surface area contributed by atoms with E-state index in [9.17, 15) is 13.6 Å². The van der Waals surface area contributed by atoms with Gasteiger partial charge >= 0.3 is 0 Å². The van der Waals surface area contributed by atoms with Gasteiger partial charge in [-0.1, -0.05) is 6.07 Å². The van der Waals surface area contributed by atoms with E-state index in [1.54, 1.807) is 0 Å². The topological polar surface area (TPSA) is 41.1 Å². The molecule has 1 aliphatic heterocycles. The Bertz CT molecular complexity index is 471. The minimum absolute atomic E-state index is 0.0716. The Balaban J connectivity index is 1.96. The molecule has 104 valence electrons. The monoisotopic (exact) mass is 268 g/mol. The molecule has 0 aliphatic carbocycles. The number of halogens is 2. The van der Waals surface area contributed by atoms with Crippen molar-refractivity contribution in [2.75, 3.05) is 6.54 Å². The Hall–Kier alpha value is -1.49. The van der Waals surface area contributed by atoms with Crippen molar-refractivity contribution in [3.05, 3.63) is 35.4 Å². The summed E-state index contributed by atoms with van der Waals surface area (Å²) in [7, 11) is 0. The highest BCUT2D eigenvalue weighted by molar-refractivity contribution is 5.85. The highest BCUT2D eigenvalue weighted by Gasteiger charge is 2.33. The number of rotatable bonds is 3. The first kappa shape index (κ1) is 13.9. The van der Waals surface area contributed by atoms with Crippen molar-refractivity contribution in [2.45, 2.75) is 38.3 Å². The molecule has 1 amide bonds. The fourth-order valence-electron chi connectivity index (χ4n) is 2.29. The molecule has 1 atom stereocenters. The van der Waals surface area contributed by atoms with Crippen molar-refractivity contribution >= 4 is 5.91 Å². The maximum absolute atomic E-state index is 13.4. The summed E-state index contributed by atoms with van der Waals surface area (Å²) in [5.41, 5.74) is -0.302. The van der Waals surface area contributed by atoms with Crippen LogP contribution < -0.4 is 10.6 Å². The Labute approximate surface area is 111 Å². The molecule has 1 heterocycles. The normalized spacial score (nSPS) is 23.1. The molecule has 1 aromatic carbocycles. The van der Waals surface area contributed by atoms with E-state index in [4.69, 9.17) is 0 Å². The largest absolute Gasteiger partial charge is 0.350 e. The molecule has 1 saturated heterocycles. The van der Waals surface area contributed by atoms with E-state index >= 15 is 0 Å². The summed E-state index contributed by atoms with van der Waals surface area (Å²) in [6, 6.07) is 3.36. The van der Waals surface area contributed by atoms with Gasteiger partial charge in [0.1, 0.15) is 11.6 Å². The Morgan fingerprint density at radius 1 is 1.42 bits per heavy atom. The van der Waals surface area contributed by atoms with E-state index < -0.39 is 17.2 Å². The van der Waals surface area contributed by atoms with Gasteiger partial charge in [0.2, 0.25) is 5.91 Å². The molecule has 1 fully saturated rings. The predicted octanol–water partition coefficient (Wildman–Crippen LogP) is 2.11. The first-order valence-electron chi connectivity index (χ1n) is 6.48. The van der Waals surface area contributed by atoms with Crippen LogP contribution in [0.1, 0.15) is 31.7 Å². The van der Waals surface area contributed by atoms with Crippen molar-refractivity contribution in [1.82, 2.24) is 10.6 Å². The van der Waals surface area contributed by atoms with Gasteiger partial charge in [-0.15, -0.1) is 0 Å². The smallest absolute Gasteiger partial charge is 0.240 e. The number of amides is 1. The average molecular weight is 268 g/mol. The van der Waals surface area contributed by atoms with Crippen molar-refractivity contribution in [3.8, 4) is 0 Å². The number of nitrogens with one attached hydrogen (secondary N) is 2. The second kappa shape index (κ2) is 5.65. The van der Waals surface area contributed by atoms with Crippen LogP contribution >= 0.6 is 0 Å². The van der Waals surface area contributed by atoms with Crippen molar-refractivity contribution in [3.63, 3.8) is 0 Å². The van der Waals surface area contributed by atoms with Crippen molar-refractivity contribution in [1.29, 1.82) is 0 Å². The van der Waals surface area contributed by atoms with Crippen LogP contribution in [-0.2, 0) is 11.3 Å². The molecular weight excluding hydrogens is 250 g/mol. The van der Waals surface area contributed by atoms with Crippen LogP contribution in [0.15, 0.2) is 18.2 Å². The Morgan fingerprint density at radius 3 is 2.84 bits per heavy atom. The van der Waals surface area contributed by atoms with Gasteiger partial charge in [0, 0.05) is 18.2 Å². The molecule has 2 N–H and O–H groups in total. The number of hydrogen-bond donors (Lipinski definition) is 2. The molecule has 0 aromatic heterocycles. The number of benzene rings is 1. The van der Waals surface area contributed by atoms with Gasteiger partial charge in [-0.25, -0.2) is 8.78 Å². The number of hydrogen-bond acceptors (Lipinski definition) is 2. The van der Waals surface area contributed by atoms with E-state index in [0.717, 1.165) is 31.9 Å². The molecule has 3 nitrogen and oxygen atoms in total. The summed E-state index contributed by atoms with van der Waals surface area (Å²) in [6.45, 7) is 2.74. The van der Waals surface area contributed by atoms with Crippen LogP contribution in [0.5, 0.6) is 0 Å². The lowest BCUT2D eigenvalue weighted by molar-refractivity contribution is -0.128. The van der Waals surface area contributed by atoms with E-state index in [-0.39, 0.29) is 18.0 Å². The SMILES string of the molecule is CC1(C(=O)NCc2ccc(F)cc2F)CCCCN1. The molecule has 0 spiro atoms. The second-order valence-electron chi connectivity index (χ2n) is 5.13. The summed E-state index contributed by atoms with van der Waals surface area (Å²) in [4.78, 5) is 12.1. The summed E-state index contributed by atoms with van der Waals surface area (Å²) in [5, 5.41) is 5.90. The maximum Gasteiger partial charge on any atom is 0.240 e. The zero-order valence-electron chi connectivity index (χ0n) is 10.9. The van der Waals surface area contributed by atoms with E-state index in [1.807, 2.05) is 6.92 Å². The van der Waals surface area contributed by atoms with Crippen LogP contribution in [0, 0.1) is 11.6 Å². The van der Waals surface area contributed by atoms with Gasteiger partial charge in [-0.3, -0.25) is 4.79 Å². The molecule has 5 heteroatoms. The molecule has 1 aromatic rings. The van der Waals surface area contributed by atoms with Crippen molar-refractivity contribution in [2.24, 2.45) is 0 Å².